The fourth-order valence-corrected chi connectivity index (χ4v) is 2.84. The van der Waals surface area contributed by atoms with Crippen LogP contribution >= 0.6 is 0 Å². The third-order valence-electron chi connectivity index (χ3n) is 3.90. The average molecular weight is 237 g/mol. The van der Waals surface area contributed by atoms with Crippen LogP contribution in [0.3, 0.4) is 0 Å². The summed E-state index contributed by atoms with van der Waals surface area (Å²) in [5, 5.41) is 3.85. The Bertz CT molecular complexity index is 224. The van der Waals surface area contributed by atoms with Gasteiger partial charge in [-0.25, -0.2) is 0 Å². The van der Waals surface area contributed by atoms with E-state index < -0.39 is 0 Å². The second kappa shape index (κ2) is 8.60. The zero-order valence-electron chi connectivity index (χ0n) is 12.1. The predicted octanol–water partition coefficient (Wildman–Crippen LogP) is 5.17. The van der Waals surface area contributed by atoms with Gasteiger partial charge in [-0.3, -0.25) is 0 Å². The molecule has 0 spiro atoms. The third-order valence-corrected chi connectivity index (χ3v) is 3.90. The Labute approximate surface area is 108 Å². The van der Waals surface area contributed by atoms with Crippen LogP contribution in [0, 0.1) is 0 Å². The number of hydrogen-bond acceptors (Lipinski definition) is 1. The van der Waals surface area contributed by atoms with Crippen molar-refractivity contribution in [2.75, 3.05) is 0 Å². The van der Waals surface area contributed by atoms with Crippen LogP contribution in [0.25, 0.3) is 0 Å². The van der Waals surface area contributed by atoms with E-state index in [4.69, 9.17) is 0 Å². The molecule has 17 heavy (non-hydrogen) atoms. The quantitative estimate of drug-likeness (QED) is 0.671. The normalized spacial score (nSPS) is 22.4. The largest absolute Gasteiger partial charge is 0.386 e. The highest BCUT2D eigenvalue weighted by atomic mass is 14.9. The van der Waals surface area contributed by atoms with Crippen molar-refractivity contribution < 1.29 is 0 Å². The van der Waals surface area contributed by atoms with Gasteiger partial charge in [0, 0.05) is 11.7 Å². The Kier molecular flexibility index (Phi) is 7.39. The number of nitrogens with one attached hydrogen (secondary N) is 1. The molecule has 0 aromatic carbocycles. The molecule has 0 bridgehead atoms. The standard InChI is InChI=1S/C16H31N/c1-4-10-15(11-5-2)17-16-13-9-7-6-8-12-14(16)3/h15,17H,4-13H2,1-3H3/b16-14+. The van der Waals surface area contributed by atoms with Crippen molar-refractivity contribution in [1.29, 1.82) is 0 Å². The van der Waals surface area contributed by atoms with Crippen molar-refractivity contribution in [3.63, 3.8) is 0 Å². The van der Waals surface area contributed by atoms with Crippen molar-refractivity contribution in [2.24, 2.45) is 0 Å². The van der Waals surface area contributed by atoms with Crippen molar-refractivity contribution >= 4 is 0 Å². The molecule has 1 N–H and O–H groups in total. The first kappa shape index (κ1) is 14.6. The van der Waals surface area contributed by atoms with Crippen molar-refractivity contribution in [3.8, 4) is 0 Å². The zero-order valence-corrected chi connectivity index (χ0v) is 12.1. The summed E-state index contributed by atoms with van der Waals surface area (Å²) in [6, 6.07) is 0.717. The van der Waals surface area contributed by atoms with Crippen LogP contribution in [0.1, 0.15) is 85.0 Å². The van der Waals surface area contributed by atoms with Crippen LogP contribution < -0.4 is 5.32 Å². The van der Waals surface area contributed by atoms with Crippen LogP contribution in [0.5, 0.6) is 0 Å². The molecule has 0 radical (unpaired) electrons. The highest BCUT2D eigenvalue weighted by molar-refractivity contribution is 5.12. The van der Waals surface area contributed by atoms with Gasteiger partial charge in [0.05, 0.1) is 0 Å². The first-order valence-corrected chi connectivity index (χ1v) is 7.73. The highest BCUT2D eigenvalue weighted by Gasteiger charge is 2.11. The smallest absolute Gasteiger partial charge is 0.0258 e. The van der Waals surface area contributed by atoms with Crippen LogP contribution in [0.15, 0.2) is 11.3 Å². The minimum atomic E-state index is 0.717. The second-order valence-electron chi connectivity index (χ2n) is 5.59. The summed E-state index contributed by atoms with van der Waals surface area (Å²) in [5.74, 6) is 0. The van der Waals surface area contributed by atoms with E-state index in [0.717, 1.165) is 6.04 Å². The van der Waals surface area contributed by atoms with E-state index in [-0.39, 0.29) is 0 Å². The molecule has 0 fully saturated rings. The van der Waals surface area contributed by atoms with Gasteiger partial charge < -0.3 is 5.32 Å². The highest BCUT2D eigenvalue weighted by Crippen LogP contribution is 2.22. The Morgan fingerprint density at radius 2 is 1.53 bits per heavy atom. The van der Waals surface area contributed by atoms with Crippen molar-refractivity contribution in [2.45, 2.75) is 91.0 Å². The van der Waals surface area contributed by atoms with Gasteiger partial charge in [-0.1, -0.05) is 45.1 Å². The molecule has 1 aliphatic carbocycles. The van der Waals surface area contributed by atoms with Crippen LogP contribution in [-0.4, -0.2) is 6.04 Å². The predicted molar refractivity (Wildman–Crippen MR) is 77.1 cm³/mol. The second-order valence-corrected chi connectivity index (χ2v) is 5.59. The third kappa shape index (κ3) is 5.61. The van der Waals surface area contributed by atoms with Gasteiger partial charge in [-0.2, -0.15) is 0 Å². The zero-order chi connectivity index (χ0) is 12.5. The van der Waals surface area contributed by atoms with E-state index in [9.17, 15) is 0 Å². The summed E-state index contributed by atoms with van der Waals surface area (Å²) in [4.78, 5) is 0. The lowest BCUT2D eigenvalue weighted by Crippen LogP contribution is -2.29. The molecular formula is C16H31N. The van der Waals surface area contributed by atoms with Crippen LogP contribution in [-0.2, 0) is 0 Å². The van der Waals surface area contributed by atoms with Crippen LogP contribution in [0.4, 0.5) is 0 Å². The molecule has 0 aliphatic heterocycles. The number of allylic oxidation sites excluding steroid dienone is 2. The molecule has 1 aliphatic rings. The molecule has 0 atom stereocenters. The first-order valence-electron chi connectivity index (χ1n) is 7.73. The van der Waals surface area contributed by atoms with E-state index in [1.807, 2.05) is 0 Å². The van der Waals surface area contributed by atoms with E-state index in [2.05, 4.69) is 26.1 Å². The molecule has 1 heteroatoms. The molecule has 0 saturated carbocycles. The van der Waals surface area contributed by atoms with Crippen molar-refractivity contribution in [1.82, 2.24) is 5.32 Å². The van der Waals surface area contributed by atoms with Gasteiger partial charge in [0.25, 0.3) is 0 Å². The van der Waals surface area contributed by atoms with Crippen LogP contribution in [0.2, 0.25) is 0 Å². The van der Waals surface area contributed by atoms with Gasteiger partial charge in [-0.05, 0) is 45.4 Å². The molecule has 0 heterocycles. The Balaban J connectivity index is 2.56. The van der Waals surface area contributed by atoms with Gasteiger partial charge in [0.15, 0.2) is 0 Å². The molecule has 0 unspecified atom stereocenters. The lowest BCUT2D eigenvalue weighted by Gasteiger charge is -2.24. The van der Waals surface area contributed by atoms with Gasteiger partial charge in [0.2, 0.25) is 0 Å². The molecule has 0 saturated heterocycles. The summed E-state index contributed by atoms with van der Waals surface area (Å²) in [6.07, 6.45) is 13.5. The SMILES string of the molecule is CCCC(CCC)N/C1=C(\C)CCCCCC1. The summed E-state index contributed by atoms with van der Waals surface area (Å²) in [6.45, 7) is 6.93. The van der Waals surface area contributed by atoms with E-state index in [0.29, 0.717) is 0 Å². The maximum Gasteiger partial charge on any atom is 0.0258 e. The lowest BCUT2D eigenvalue weighted by molar-refractivity contribution is 0.461. The van der Waals surface area contributed by atoms with Gasteiger partial charge in [0.1, 0.15) is 0 Å². The topological polar surface area (TPSA) is 12.0 Å². The van der Waals surface area contributed by atoms with Crippen molar-refractivity contribution in [3.05, 3.63) is 11.3 Å². The molecule has 0 amide bonds. The van der Waals surface area contributed by atoms with Gasteiger partial charge in [-0.15, -0.1) is 0 Å². The molecule has 0 aromatic heterocycles. The fraction of sp³-hybridized carbons (Fsp3) is 0.875. The minimum Gasteiger partial charge on any atom is -0.386 e. The molecule has 100 valence electrons. The molecule has 1 nitrogen and oxygen atoms in total. The van der Waals surface area contributed by atoms with E-state index >= 15 is 0 Å². The monoisotopic (exact) mass is 237 g/mol. The van der Waals surface area contributed by atoms with Gasteiger partial charge >= 0.3 is 0 Å². The summed E-state index contributed by atoms with van der Waals surface area (Å²) < 4.78 is 0. The number of hydrogen-bond donors (Lipinski definition) is 1. The average Bonchev–Trinajstić information content (AvgIpc) is 2.29. The molecular weight excluding hydrogens is 206 g/mol. The molecule has 1 rings (SSSR count). The Hall–Kier alpha value is -0.460. The summed E-state index contributed by atoms with van der Waals surface area (Å²) >= 11 is 0. The minimum absolute atomic E-state index is 0.717. The number of rotatable bonds is 6. The van der Waals surface area contributed by atoms with E-state index in [1.54, 1.807) is 11.3 Å². The van der Waals surface area contributed by atoms with E-state index in [1.165, 1.54) is 64.2 Å². The maximum absolute atomic E-state index is 3.85. The first-order chi connectivity index (χ1) is 8.27. The Morgan fingerprint density at radius 1 is 0.941 bits per heavy atom. The Morgan fingerprint density at radius 3 is 2.12 bits per heavy atom. The maximum atomic E-state index is 3.85. The fourth-order valence-electron chi connectivity index (χ4n) is 2.84. The molecule has 0 aromatic rings. The summed E-state index contributed by atoms with van der Waals surface area (Å²) in [7, 11) is 0. The lowest BCUT2D eigenvalue weighted by atomic mass is 9.97. The summed E-state index contributed by atoms with van der Waals surface area (Å²) in [5.41, 5.74) is 3.21.